The molecule has 0 aliphatic heterocycles. The van der Waals surface area contributed by atoms with Crippen LogP contribution in [-0.4, -0.2) is 32.7 Å². The van der Waals surface area contributed by atoms with Crippen molar-refractivity contribution in [3.63, 3.8) is 0 Å². The number of carbonyl (C=O) groups is 1. The van der Waals surface area contributed by atoms with E-state index in [9.17, 15) is 9.59 Å². The third-order valence-corrected chi connectivity index (χ3v) is 4.79. The summed E-state index contributed by atoms with van der Waals surface area (Å²) in [6.45, 7) is 0.356. The van der Waals surface area contributed by atoms with Crippen LogP contribution in [0.25, 0.3) is 22.0 Å². The lowest BCUT2D eigenvalue weighted by atomic mass is 10.1. The molecule has 0 fully saturated rings. The van der Waals surface area contributed by atoms with E-state index in [-0.39, 0.29) is 11.5 Å². The van der Waals surface area contributed by atoms with Crippen LogP contribution in [0, 0.1) is 0 Å². The van der Waals surface area contributed by atoms with Gasteiger partial charge in [0.05, 0.1) is 29.4 Å². The van der Waals surface area contributed by atoms with Crippen molar-refractivity contribution in [3.8, 4) is 11.3 Å². The SMILES string of the molecule is CNC(=O)c1cccc(Cn2ccc3cc(-c4cn[nH]c4Cl)ncc3c2=O)c1. The molecule has 0 spiro atoms. The Morgan fingerprint density at radius 3 is 2.86 bits per heavy atom. The maximum atomic E-state index is 12.9. The summed E-state index contributed by atoms with van der Waals surface area (Å²) in [7, 11) is 1.58. The number of fused-ring (bicyclic) bond motifs is 1. The molecule has 2 N–H and O–H groups in total. The fraction of sp³-hybridized carbons (Fsp3) is 0.100. The first kappa shape index (κ1) is 17.9. The molecule has 0 aliphatic rings. The van der Waals surface area contributed by atoms with Crippen molar-refractivity contribution in [2.24, 2.45) is 0 Å². The molecule has 0 radical (unpaired) electrons. The van der Waals surface area contributed by atoms with Crippen molar-refractivity contribution in [2.75, 3.05) is 7.05 Å². The Hall–Kier alpha value is -3.45. The number of pyridine rings is 2. The smallest absolute Gasteiger partial charge is 0.260 e. The van der Waals surface area contributed by atoms with Gasteiger partial charge in [0, 0.05) is 25.0 Å². The largest absolute Gasteiger partial charge is 0.355 e. The van der Waals surface area contributed by atoms with E-state index in [0.717, 1.165) is 10.9 Å². The summed E-state index contributed by atoms with van der Waals surface area (Å²) in [4.78, 5) is 29.0. The molecule has 3 heterocycles. The lowest BCUT2D eigenvalue weighted by molar-refractivity contribution is 0.0963. The molecule has 0 saturated carbocycles. The van der Waals surface area contributed by atoms with E-state index >= 15 is 0 Å². The van der Waals surface area contributed by atoms with E-state index in [1.165, 1.54) is 0 Å². The van der Waals surface area contributed by atoms with Crippen molar-refractivity contribution in [3.05, 3.63) is 81.6 Å². The second-order valence-electron chi connectivity index (χ2n) is 6.28. The van der Waals surface area contributed by atoms with E-state index in [1.54, 1.807) is 48.4 Å². The van der Waals surface area contributed by atoms with Gasteiger partial charge in [0.1, 0.15) is 5.15 Å². The van der Waals surface area contributed by atoms with E-state index in [2.05, 4.69) is 20.5 Å². The molecule has 28 heavy (non-hydrogen) atoms. The molecule has 4 aromatic rings. The number of halogens is 1. The Morgan fingerprint density at radius 1 is 1.25 bits per heavy atom. The van der Waals surface area contributed by atoms with Gasteiger partial charge in [-0.25, -0.2) is 0 Å². The highest BCUT2D eigenvalue weighted by Crippen LogP contribution is 2.25. The Balaban J connectivity index is 1.70. The van der Waals surface area contributed by atoms with Gasteiger partial charge in [0.25, 0.3) is 11.5 Å². The topological polar surface area (TPSA) is 92.7 Å². The van der Waals surface area contributed by atoms with Crippen LogP contribution in [0.4, 0.5) is 0 Å². The Kier molecular flexibility index (Phi) is 4.67. The number of hydrogen-bond donors (Lipinski definition) is 2. The highest BCUT2D eigenvalue weighted by Gasteiger charge is 2.11. The zero-order chi connectivity index (χ0) is 19.7. The number of amides is 1. The van der Waals surface area contributed by atoms with Gasteiger partial charge in [0.2, 0.25) is 0 Å². The van der Waals surface area contributed by atoms with Gasteiger partial charge in [0.15, 0.2) is 0 Å². The third-order valence-electron chi connectivity index (χ3n) is 4.50. The number of aromatic amines is 1. The third kappa shape index (κ3) is 3.27. The van der Waals surface area contributed by atoms with Crippen LogP contribution < -0.4 is 10.9 Å². The van der Waals surface area contributed by atoms with Crippen molar-refractivity contribution in [1.82, 2.24) is 25.1 Å². The molecule has 1 aromatic carbocycles. The zero-order valence-corrected chi connectivity index (χ0v) is 15.7. The number of nitrogens with zero attached hydrogens (tertiary/aromatic N) is 3. The monoisotopic (exact) mass is 393 g/mol. The van der Waals surface area contributed by atoms with Crippen LogP contribution in [0.15, 0.2) is 59.8 Å². The second-order valence-corrected chi connectivity index (χ2v) is 6.66. The van der Waals surface area contributed by atoms with Crippen LogP contribution in [-0.2, 0) is 6.54 Å². The summed E-state index contributed by atoms with van der Waals surface area (Å²) in [5, 5.41) is 10.8. The standard InChI is InChI=1S/C20H16ClN5O2/c1-22-19(27)14-4-2-3-12(7-14)11-26-6-5-13-8-17(16-10-24-25-18(16)21)23-9-15(13)20(26)28/h2-10H,11H2,1H3,(H,22,27)(H,24,25). The lowest BCUT2D eigenvalue weighted by Gasteiger charge is -2.09. The predicted molar refractivity (Wildman–Crippen MR) is 108 cm³/mol. The highest BCUT2D eigenvalue weighted by molar-refractivity contribution is 6.32. The molecule has 0 aliphatic carbocycles. The summed E-state index contributed by atoms with van der Waals surface area (Å²) in [5.74, 6) is -0.164. The molecule has 0 atom stereocenters. The van der Waals surface area contributed by atoms with Crippen LogP contribution in [0.1, 0.15) is 15.9 Å². The Labute approximate surface area is 165 Å². The number of rotatable bonds is 4. The van der Waals surface area contributed by atoms with Gasteiger partial charge in [-0.05, 0) is 35.2 Å². The summed E-state index contributed by atoms with van der Waals surface area (Å²) in [6, 6.07) is 10.9. The molecular formula is C20H16ClN5O2. The van der Waals surface area contributed by atoms with Gasteiger partial charge in [-0.15, -0.1) is 0 Å². The average molecular weight is 394 g/mol. The zero-order valence-electron chi connectivity index (χ0n) is 14.9. The maximum absolute atomic E-state index is 12.9. The number of nitrogens with one attached hydrogen (secondary N) is 2. The number of hydrogen-bond acceptors (Lipinski definition) is 4. The molecule has 7 nitrogen and oxygen atoms in total. The quantitative estimate of drug-likeness (QED) is 0.557. The summed E-state index contributed by atoms with van der Waals surface area (Å²) in [6.07, 6.45) is 4.88. The highest BCUT2D eigenvalue weighted by atomic mass is 35.5. The summed E-state index contributed by atoms with van der Waals surface area (Å²) in [5.41, 5.74) is 2.58. The lowest BCUT2D eigenvalue weighted by Crippen LogP contribution is -2.21. The molecule has 1 amide bonds. The van der Waals surface area contributed by atoms with Gasteiger partial charge in [-0.2, -0.15) is 5.10 Å². The minimum atomic E-state index is -0.164. The Bertz CT molecular complexity index is 1240. The fourth-order valence-electron chi connectivity index (χ4n) is 3.05. The van der Waals surface area contributed by atoms with Gasteiger partial charge in [-0.3, -0.25) is 19.7 Å². The van der Waals surface area contributed by atoms with Crippen molar-refractivity contribution < 1.29 is 4.79 Å². The first-order valence-corrected chi connectivity index (χ1v) is 8.94. The van der Waals surface area contributed by atoms with E-state index < -0.39 is 0 Å². The number of carbonyl (C=O) groups excluding carboxylic acids is 1. The van der Waals surface area contributed by atoms with Gasteiger partial charge < -0.3 is 9.88 Å². The first-order valence-electron chi connectivity index (χ1n) is 8.56. The molecule has 0 unspecified atom stereocenters. The summed E-state index contributed by atoms with van der Waals surface area (Å²) >= 11 is 6.07. The van der Waals surface area contributed by atoms with E-state index in [0.29, 0.717) is 33.9 Å². The number of H-pyrrole nitrogens is 1. The molecular weight excluding hydrogens is 378 g/mol. The number of benzene rings is 1. The average Bonchev–Trinajstić information content (AvgIpc) is 3.15. The fourth-order valence-corrected chi connectivity index (χ4v) is 3.25. The normalized spacial score (nSPS) is 10.9. The van der Waals surface area contributed by atoms with Crippen LogP contribution >= 0.6 is 11.6 Å². The maximum Gasteiger partial charge on any atom is 0.260 e. The van der Waals surface area contributed by atoms with Gasteiger partial charge in [-0.1, -0.05) is 23.7 Å². The second kappa shape index (κ2) is 7.28. The van der Waals surface area contributed by atoms with Gasteiger partial charge >= 0.3 is 0 Å². The predicted octanol–water partition coefficient (Wildman–Crippen LogP) is 2.85. The van der Waals surface area contributed by atoms with E-state index in [4.69, 9.17) is 11.6 Å². The molecule has 0 bridgehead atoms. The Morgan fingerprint density at radius 2 is 2.11 bits per heavy atom. The van der Waals surface area contributed by atoms with Crippen molar-refractivity contribution in [2.45, 2.75) is 6.54 Å². The van der Waals surface area contributed by atoms with Crippen molar-refractivity contribution >= 4 is 28.3 Å². The molecule has 140 valence electrons. The number of aromatic nitrogens is 4. The van der Waals surface area contributed by atoms with Crippen LogP contribution in [0.2, 0.25) is 5.15 Å². The minimum Gasteiger partial charge on any atom is -0.355 e. The van der Waals surface area contributed by atoms with Crippen LogP contribution in [0.5, 0.6) is 0 Å². The molecule has 0 saturated heterocycles. The minimum absolute atomic E-state index is 0.153. The molecule has 8 heteroatoms. The molecule has 4 rings (SSSR count). The first-order chi connectivity index (χ1) is 13.6. The molecule has 3 aromatic heterocycles. The summed E-state index contributed by atoms with van der Waals surface area (Å²) < 4.78 is 1.59. The van der Waals surface area contributed by atoms with Crippen LogP contribution in [0.3, 0.4) is 0 Å². The van der Waals surface area contributed by atoms with E-state index in [1.807, 2.05) is 18.2 Å². The van der Waals surface area contributed by atoms with Crippen molar-refractivity contribution in [1.29, 1.82) is 0 Å².